The second kappa shape index (κ2) is 4.92. The van der Waals surface area contributed by atoms with E-state index >= 15 is 0 Å². The van der Waals surface area contributed by atoms with Gasteiger partial charge in [0, 0.05) is 18.6 Å². The number of carbonyl (C=O) groups excluding carboxylic acids is 1. The van der Waals surface area contributed by atoms with Crippen LogP contribution in [0.1, 0.15) is 23.3 Å². The summed E-state index contributed by atoms with van der Waals surface area (Å²) in [5.41, 5.74) is 0.406. The van der Waals surface area contributed by atoms with Gasteiger partial charge >= 0.3 is 0 Å². The van der Waals surface area contributed by atoms with E-state index in [2.05, 4.69) is 20.5 Å². The summed E-state index contributed by atoms with van der Waals surface area (Å²) in [6.07, 6.45) is 5.38. The van der Waals surface area contributed by atoms with E-state index in [0.29, 0.717) is 23.5 Å². The van der Waals surface area contributed by atoms with Crippen molar-refractivity contribution in [2.45, 2.75) is 25.0 Å². The normalized spacial score (nSPS) is 27.0. The lowest BCUT2D eigenvalue weighted by Crippen LogP contribution is -2.53. The Hall–Kier alpha value is -2.28. The molecule has 7 heteroatoms. The SMILES string of the molecule is O=C(NC1CC2OCCC12)c1cccc(-n2cnnc2)n1. The molecular weight excluding hydrogens is 270 g/mol. The minimum atomic E-state index is -0.139. The summed E-state index contributed by atoms with van der Waals surface area (Å²) in [4.78, 5) is 16.7. The summed E-state index contributed by atoms with van der Waals surface area (Å²) in [5, 5.41) is 10.5. The van der Waals surface area contributed by atoms with Gasteiger partial charge in [-0.1, -0.05) is 6.07 Å². The molecule has 7 nitrogen and oxygen atoms in total. The Morgan fingerprint density at radius 2 is 2.19 bits per heavy atom. The Bertz CT molecular complexity index is 657. The van der Waals surface area contributed by atoms with Crippen molar-refractivity contribution >= 4 is 5.91 Å². The topological polar surface area (TPSA) is 81.9 Å². The van der Waals surface area contributed by atoms with Crippen molar-refractivity contribution < 1.29 is 9.53 Å². The second-order valence-corrected chi connectivity index (χ2v) is 5.43. The largest absolute Gasteiger partial charge is 0.378 e. The van der Waals surface area contributed by atoms with Crippen molar-refractivity contribution in [3.8, 4) is 5.82 Å². The molecule has 4 rings (SSSR count). The summed E-state index contributed by atoms with van der Waals surface area (Å²) in [6.45, 7) is 0.809. The number of nitrogens with one attached hydrogen (secondary N) is 1. The first-order valence-electron chi connectivity index (χ1n) is 7.06. The second-order valence-electron chi connectivity index (χ2n) is 5.43. The molecule has 1 aliphatic heterocycles. The zero-order chi connectivity index (χ0) is 14.2. The number of nitrogens with zero attached hydrogens (tertiary/aromatic N) is 4. The molecule has 2 fully saturated rings. The predicted octanol–water partition coefficient (Wildman–Crippen LogP) is 0.569. The molecule has 0 spiro atoms. The maximum atomic E-state index is 12.3. The lowest BCUT2D eigenvalue weighted by atomic mass is 9.76. The highest BCUT2D eigenvalue weighted by atomic mass is 16.5. The molecule has 2 aromatic rings. The minimum Gasteiger partial charge on any atom is -0.378 e. The number of ether oxygens (including phenoxy) is 1. The van der Waals surface area contributed by atoms with Gasteiger partial charge in [0.25, 0.3) is 5.91 Å². The Morgan fingerprint density at radius 3 is 3.00 bits per heavy atom. The molecule has 3 atom stereocenters. The molecule has 0 radical (unpaired) electrons. The van der Waals surface area contributed by atoms with E-state index in [9.17, 15) is 4.79 Å². The number of rotatable bonds is 3. The fraction of sp³-hybridized carbons (Fsp3) is 0.429. The van der Waals surface area contributed by atoms with E-state index in [1.807, 2.05) is 6.07 Å². The smallest absolute Gasteiger partial charge is 0.270 e. The van der Waals surface area contributed by atoms with Crippen molar-refractivity contribution in [2.24, 2.45) is 5.92 Å². The molecule has 0 bridgehead atoms. The van der Waals surface area contributed by atoms with Crippen molar-refractivity contribution in [3.63, 3.8) is 0 Å². The van der Waals surface area contributed by atoms with Crippen LogP contribution < -0.4 is 5.32 Å². The monoisotopic (exact) mass is 285 g/mol. The van der Waals surface area contributed by atoms with Crippen molar-refractivity contribution in [3.05, 3.63) is 36.5 Å². The van der Waals surface area contributed by atoms with E-state index in [1.54, 1.807) is 29.4 Å². The summed E-state index contributed by atoms with van der Waals surface area (Å²) < 4.78 is 7.22. The molecular formula is C14H15N5O2. The van der Waals surface area contributed by atoms with Gasteiger partial charge < -0.3 is 10.1 Å². The third-order valence-electron chi connectivity index (χ3n) is 4.23. The van der Waals surface area contributed by atoms with Crippen LogP contribution in [0.15, 0.2) is 30.9 Å². The van der Waals surface area contributed by atoms with Crippen LogP contribution in [-0.4, -0.2) is 44.4 Å². The standard InChI is InChI=1S/C14H15N5O2/c20-14(18-11-6-12-9(11)4-5-21-12)10-2-1-3-13(17-10)19-7-15-16-8-19/h1-3,7-9,11-12H,4-6H2,(H,18,20). The first kappa shape index (κ1) is 12.5. The quantitative estimate of drug-likeness (QED) is 0.891. The van der Waals surface area contributed by atoms with Crippen LogP contribution in [0.4, 0.5) is 0 Å². The highest BCUT2D eigenvalue weighted by molar-refractivity contribution is 5.92. The lowest BCUT2D eigenvalue weighted by Gasteiger charge is -2.39. The summed E-state index contributed by atoms with van der Waals surface area (Å²) in [7, 11) is 0. The predicted molar refractivity (Wildman–Crippen MR) is 72.9 cm³/mol. The van der Waals surface area contributed by atoms with Crippen LogP contribution in [0.25, 0.3) is 5.82 Å². The van der Waals surface area contributed by atoms with Crippen molar-refractivity contribution in [1.82, 2.24) is 25.1 Å². The molecule has 1 saturated carbocycles. The summed E-state index contributed by atoms with van der Waals surface area (Å²) >= 11 is 0. The van der Waals surface area contributed by atoms with Gasteiger partial charge in [-0.3, -0.25) is 9.36 Å². The Morgan fingerprint density at radius 1 is 1.33 bits per heavy atom. The summed E-state index contributed by atoms with van der Waals surface area (Å²) in [6, 6.07) is 5.54. The van der Waals surface area contributed by atoms with Crippen LogP contribution in [0.3, 0.4) is 0 Å². The Labute approximate surface area is 121 Å². The van der Waals surface area contributed by atoms with E-state index in [0.717, 1.165) is 19.4 Å². The maximum absolute atomic E-state index is 12.3. The molecule has 2 aromatic heterocycles. The highest BCUT2D eigenvalue weighted by Crippen LogP contribution is 2.38. The highest BCUT2D eigenvalue weighted by Gasteiger charge is 2.45. The first-order valence-corrected chi connectivity index (χ1v) is 7.06. The fourth-order valence-corrected chi connectivity index (χ4v) is 3.02. The molecule has 21 heavy (non-hydrogen) atoms. The molecule has 1 amide bonds. The average molecular weight is 285 g/mol. The van der Waals surface area contributed by atoms with Gasteiger partial charge in [-0.15, -0.1) is 10.2 Å². The number of hydrogen-bond donors (Lipinski definition) is 1. The van der Waals surface area contributed by atoms with Crippen LogP contribution in [-0.2, 0) is 4.74 Å². The van der Waals surface area contributed by atoms with Gasteiger partial charge in [-0.05, 0) is 25.0 Å². The average Bonchev–Trinajstić information content (AvgIpc) is 3.14. The third kappa shape index (κ3) is 2.19. The zero-order valence-corrected chi connectivity index (χ0v) is 11.3. The summed E-state index contributed by atoms with van der Waals surface area (Å²) in [5.74, 6) is 0.957. The molecule has 0 aromatic carbocycles. The van der Waals surface area contributed by atoms with Gasteiger partial charge in [-0.25, -0.2) is 4.98 Å². The molecule has 1 aliphatic carbocycles. The number of aromatic nitrogens is 4. The van der Waals surface area contributed by atoms with Crippen LogP contribution in [0, 0.1) is 5.92 Å². The molecule has 3 unspecified atom stereocenters. The first-order chi connectivity index (χ1) is 10.3. The molecule has 1 saturated heterocycles. The maximum Gasteiger partial charge on any atom is 0.270 e. The molecule has 3 heterocycles. The Balaban J connectivity index is 1.48. The van der Waals surface area contributed by atoms with Gasteiger partial charge in [0.1, 0.15) is 24.2 Å². The lowest BCUT2D eigenvalue weighted by molar-refractivity contribution is 0.00802. The number of pyridine rings is 1. The van der Waals surface area contributed by atoms with Crippen molar-refractivity contribution in [2.75, 3.05) is 6.61 Å². The number of carbonyl (C=O) groups is 1. The van der Waals surface area contributed by atoms with Crippen LogP contribution >= 0.6 is 0 Å². The van der Waals surface area contributed by atoms with Gasteiger partial charge in [0.2, 0.25) is 0 Å². The number of hydrogen-bond acceptors (Lipinski definition) is 5. The van der Waals surface area contributed by atoms with Crippen LogP contribution in [0.2, 0.25) is 0 Å². The minimum absolute atomic E-state index is 0.139. The van der Waals surface area contributed by atoms with Gasteiger partial charge in [0.15, 0.2) is 0 Å². The van der Waals surface area contributed by atoms with E-state index in [-0.39, 0.29) is 11.9 Å². The molecule has 1 N–H and O–H groups in total. The van der Waals surface area contributed by atoms with Gasteiger partial charge in [0.05, 0.1) is 6.10 Å². The third-order valence-corrected chi connectivity index (χ3v) is 4.23. The van der Waals surface area contributed by atoms with E-state index in [1.165, 1.54) is 0 Å². The van der Waals surface area contributed by atoms with E-state index in [4.69, 9.17) is 4.74 Å². The number of amides is 1. The fourth-order valence-electron chi connectivity index (χ4n) is 3.02. The molecule has 2 aliphatic rings. The number of fused-ring (bicyclic) bond motifs is 1. The zero-order valence-electron chi connectivity index (χ0n) is 11.3. The molecule has 108 valence electrons. The van der Waals surface area contributed by atoms with Crippen LogP contribution in [0.5, 0.6) is 0 Å². The Kier molecular flexibility index (Phi) is 2.92. The van der Waals surface area contributed by atoms with E-state index < -0.39 is 0 Å². The van der Waals surface area contributed by atoms with Gasteiger partial charge in [-0.2, -0.15) is 0 Å². The van der Waals surface area contributed by atoms with Crippen molar-refractivity contribution in [1.29, 1.82) is 0 Å².